The second-order valence-electron chi connectivity index (χ2n) is 8.63. The molecule has 2 aromatic carbocycles. The maximum Gasteiger partial charge on any atom is 0.306 e. The van der Waals surface area contributed by atoms with Crippen LogP contribution >= 0.6 is 23.4 Å². The van der Waals surface area contributed by atoms with Crippen LogP contribution in [0.1, 0.15) is 39.7 Å². The van der Waals surface area contributed by atoms with Gasteiger partial charge in [-0.15, -0.1) is 11.8 Å². The molecule has 0 aliphatic carbocycles. The van der Waals surface area contributed by atoms with Crippen LogP contribution in [0.3, 0.4) is 0 Å². The number of fused-ring (bicyclic) bond motifs is 1. The second-order valence-corrected chi connectivity index (χ2v) is 10.1. The normalized spacial score (nSPS) is 11.7. The molecule has 0 fully saturated rings. The monoisotopic (exact) mass is 459 g/mol. The van der Waals surface area contributed by atoms with Gasteiger partial charge in [-0.2, -0.15) is 0 Å². The number of thioether (sulfide) groups is 1. The van der Waals surface area contributed by atoms with Gasteiger partial charge in [0.2, 0.25) is 0 Å². The van der Waals surface area contributed by atoms with Crippen molar-refractivity contribution in [2.75, 3.05) is 12.4 Å². The van der Waals surface area contributed by atoms with Crippen molar-refractivity contribution in [1.29, 1.82) is 0 Å². The lowest BCUT2D eigenvalue weighted by Crippen LogP contribution is -2.08. The minimum absolute atomic E-state index is 0.151. The van der Waals surface area contributed by atoms with E-state index in [9.17, 15) is 9.18 Å². The molecular weight excluding hydrogens is 433 g/mol. The standard InChI is InChI=1S/C25H27ClFNO2S/c1-5-30-22(29)9-11-31-21-14-17-7-6-16(15-25(2,3)4)12-18(17)13-20(21)19-8-10-28-24(26)23(19)27/h6-8,10,12-14H,5,9,11,15H2,1-4H3. The van der Waals surface area contributed by atoms with E-state index in [0.29, 0.717) is 24.3 Å². The fraction of sp³-hybridized carbons (Fsp3) is 0.360. The van der Waals surface area contributed by atoms with E-state index >= 15 is 0 Å². The number of halogens is 2. The van der Waals surface area contributed by atoms with Crippen LogP contribution in [0.15, 0.2) is 47.5 Å². The summed E-state index contributed by atoms with van der Waals surface area (Å²) in [7, 11) is 0. The summed E-state index contributed by atoms with van der Waals surface area (Å²) in [5.41, 5.74) is 2.56. The van der Waals surface area contributed by atoms with Crippen molar-refractivity contribution in [3.8, 4) is 11.1 Å². The molecule has 6 heteroatoms. The van der Waals surface area contributed by atoms with Gasteiger partial charge in [-0.05, 0) is 58.9 Å². The molecule has 0 aliphatic heterocycles. The minimum atomic E-state index is -0.540. The fourth-order valence-corrected chi connectivity index (χ4v) is 4.66. The van der Waals surface area contributed by atoms with Crippen LogP contribution in [0.2, 0.25) is 5.15 Å². The third-order valence-corrected chi connectivity index (χ3v) is 6.06. The predicted molar refractivity (Wildman–Crippen MR) is 127 cm³/mol. The minimum Gasteiger partial charge on any atom is -0.466 e. The number of carbonyl (C=O) groups is 1. The Kier molecular flexibility index (Phi) is 7.60. The number of carbonyl (C=O) groups excluding carboxylic acids is 1. The summed E-state index contributed by atoms with van der Waals surface area (Å²) in [4.78, 5) is 16.5. The molecule has 3 nitrogen and oxygen atoms in total. The van der Waals surface area contributed by atoms with Crippen LogP contribution in [-0.4, -0.2) is 23.3 Å². The zero-order valence-corrected chi connectivity index (χ0v) is 19.9. The largest absolute Gasteiger partial charge is 0.466 e. The first kappa shape index (κ1) is 23.6. The molecule has 164 valence electrons. The van der Waals surface area contributed by atoms with E-state index in [1.54, 1.807) is 13.0 Å². The number of rotatable bonds is 7. The Morgan fingerprint density at radius 1 is 1.13 bits per heavy atom. The fourth-order valence-electron chi connectivity index (χ4n) is 3.48. The lowest BCUT2D eigenvalue weighted by molar-refractivity contribution is -0.142. The van der Waals surface area contributed by atoms with E-state index in [0.717, 1.165) is 27.7 Å². The van der Waals surface area contributed by atoms with Gasteiger partial charge in [0, 0.05) is 22.4 Å². The van der Waals surface area contributed by atoms with Crippen LogP contribution < -0.4 is 0 Å². The molecule has 3 aromatic rings. The third kappa shape index (κ3) is 6.20. The van der Waals surface area contributed by atoms with Crippen LogP contribution in [0.25, 0.3) is 21.9 Å². The first-order chi connectivity index (χ1) is 14.7. The Morgan fingerprint density at radius 3 is 2.61 bits per heavy atom. The molecule has 1 aromatic heterocycles. The molecule has 0 atom stereocenters. The summed E-state index contributed by atoms with van der Waals surface area (Å²) in [6, 6.07) is 12.1. The molecule has 0 N–H and O–H groups in total. The van der Waals surface area contributed by atoms with Gasteiger partial charge in [0.05, 0.1) is 13.0 Å². The van der Waals surface area contributed by atoms with Gasteiger partial charge in [0.15, 0.2) is 11.0 Å². The Balaban J connectivity index is 2.04. The molecule has 0 amide bonds. The summed E-state index contributed by atoms with van der Waals surface area (Å²) in [6.07, 6.45) is 2.75. The highest BCUT2D eigenvalue weighted by Gasteiger charge is 2.17. The van der Waals surface area contributed by atoms with Crippen LogP contribution in [0.4, 0.5) is 4.39 Å². The molecule has 1 heterocycles. The van der Waals surface area contributed by atoms with Crippen LogP contribution in [-0.2, 0) is 16.0 Å². The van der Waals surface area contributed by atoms with Crippen molar-refractivity contribution in [3.05, 3.63) is 59.1 Å². The number of pyridine rings is 1. The molecule has 0 spiro atoms. The Morgan fingerprint density at radius 2 is 1.90 bits per heavy atom. The van der Waals surface area contributed by atoms with Crippen molar-refractivity contribution < 1.29 is 13.9 Å². The molecule has 0 saturated carbocycles. The summed E-state index contributed by atoms with van der Waals surface area (Å²) in [5.74, 6) is -0.233. The van der Waals surface area contributed by atoms with Crippen LogP contribution in [0.5, 0.6) is 0 Å². The number of hydrogen-bond acceptors (Lipinski definition) is 4. The summed E-state index contributed by atoms with van der Waals surface area (Å²) in [5, 5.41) is 1.96. The zero-order valence-electron chi connectivity index (χ0n) is 18.3. The number of esters is 1. The maximum absolute atomic E-state index is 14.8. The van der Waals surface area contributed by atoms with Gasteiger partial charge in [-0.25, -0.2) is 9.37 Å². The van der Waals surface area contributed by atoms with Crippen molar-refractivity contribution in [1.82, 2.24) is 4.98 Å². The van der Waals surface area contributed by atoms with Crippen LogP contribution in [0, 0.1) is 11.2 Å². The van der Waals surface area contributed by atoms with Gasteiger partial charge in [-0.1, -0.05) is 50.6 Å². The summed E-state index contributed by atoms with van der Waals surface area (Å²) in [6.45, 7) is 8.78. The quantitative estimate of drug-likeness (QED) is 0.210. The molecule has 31 heavy (non-hydrogen) atoms. The van der Waals surface area contributed by atoms with Gasteiger partial charge >= 0.3 is 5.97 Å². The van der Waals surface area contributed by atoms with E-state index in [1.807, 2.05) is 6.07 Å². The third-order valence-electron chi connectivity index (χ3n) is 4.74. The van der Waals surface area contributed by atoms with E-state index < -0.39 is 5.82 Å². The highest BCUT2D eigenvalue weighted by molar-refractivity contribution is 7.99. The molecule has 3 rings (SSSR count). The van der Waals surface area contributed by atoms with Crippen molar-refractivity contribution >= 4 is 40.1 Å². The molecule has 0 aliphatic rings. The lowest BCUT2D eigenvalue weighted by atomic mass is 9.87. The lowest BCUT2D eigenvalue weighted by Gasteiger charge is -2.19. The summed E-state index contributed by atoms with van der Waals surface area (Å²) < 4.78 is 19.9. The van der Waals surface area contributed by atoms with Gasteiger partial charge in [-0.3, -0.25) is 4.79 Å². The number of hydrogen-bond donors (Lipinski definition) is 0. The Labute approximate surface area is 192 Å². The average molecular weight is 460 g/mol. The number of aromatic nitrogens is 1. The van der Waals surface area contributed by atoms with Crippen molar-refractivity contribution in [2.24, 2.45) is 5.41 Å². The van der Waals surface area contributed by atoms with E-state index in [-0.39, 0.29) is 16.5 Å². The SMILES string of the molecule is CCOC(=O)CCSc1cc2ccc(CC(C)(C)C)cc2cc1-c1ccnc(Cl)c1F. The average Bonchev–Trinajstić information content (AvgIpc) is 2.69. The number of nitrogens with zero attached hydrogens (tertiary/aromatic N) is 1. The van der Waals surface area contributed by atoms with E-state index in [2.05, 4.69) is 50.0 Å². The van der Waals surface area contributed by atoms with E-state index in [1.165, 1.54) is 23.5 Å². The highest BCUT2D eigenvalue weighted by Crippen LogP contribution is 2.38. The van der Waals surface area contributed by atoms with Crippen molar-refractivity contribution in [2.45, 2.75) is 45.4 Å². The first-order valence-electron chi connectivity index (χ1n) is 10.3. The molecule has 0 saturated heterocycles. The molecular formula is C25H27ClFNO2S. The first-order valence-corrected chi connectivity index (χ1v) is 11.7. The van der Waals surface area contributed by atoms with E-state index in [4.69, 9.17) is 16.3 Å². The number of benzene rings is 2. The predicted octanol–water partition coefficient (Wildman–Crippen LogP) is 7.33. The van der Waals surface area contributed by atoms with Crippen molar-refractivity contribution in [3.63, 3.8) is 0 Å². The summed E-state index contributed by atoms with van der Waals surface area (Å²) >= 11 is 7.47. The molecule has 0 radical (unpaired) electrons. The maximum atomic E-state index is 14.8. The zero-order chi connectivity index (χ0) is 22.6. The van der Waals surface area contributed by atoms with Gasteiger partial charge in [0.1, 0.15) is 0 Å². The topological polar surface area (TPSA) is 39.2 Å². The second kappa shape index (κ2) is 10.0. The highest BCUT2D eigenvalue weighted by atomic mass is 35.5. The number of ether oxygens (including phenoxy) is 1. The Bertz CT molecular complexity index is 1090. The smallest absolute Gasteiger partial charge is 0.306 e. The Hall–Kier alpha value is -2.11. The van der Waals surface area contributed by atoms with Gasteiger partial charge < -0.3 is 4.74 Å². The molecule has 0 bridgehead atoms. The van der Waals surface area contributed by atoms with Gasteiger partial charge in [0.25, 0.3) is 0 Å². The molecule has 0 unspecified atom stereocenters.